The molecule has 8 nitrogen and oxygen atoms in total. The molecule has 1 aliphatic heterocycles. The molecule has 0 bridgehead atoms. The summed E-state index contributed by atoms with van der Waals surface area (Å²) in [6.07, 6.45) is -0.792. The Bertz CT molecular complexity index is 651. The lowest BCUT2D eigenvalue weighted by Crippen LogP contribution is -3.19. The van der Waals surface area contributed by atoms with Crippen LogP contribution in [0.3, 0.4) is 0 Å². The second-order valence-electron chi connectivity index (χ2n) is 5.20. The molecular formula is C13H20N3O5S2+. The average Bonchev–Trinajstić information content (AvgIpc) is 3.09. The summed E-state index contributed by atoms with van der Waals surface area (Å²) < 4.78 is 31.0. The van der Waals surface area contributed by atoms with Crippen LogP contribution >= 0.6 is 11.3 Å². The first-order valence-electron chi connectivity index (χ1n) is 7.13. The number of nitrogens with zero attached hydrogens (tertiary/aromatic N) is 1. The monoisotopic (exact) mass is 362 g/mol. The van der Waals surface area contributed by atoms with E-state index in [1.165, 1.54) is 22.8 Å². The van der Waals surface area contributed by atoms with Crippen molar-refractivity contribution < 1.29 is 27.6 Å². The van der Waals surface area contributed by atoms with Gasteiger partial charge in [0.1, 0.15) is 4.21 Å². The lowest BCUT2D eigenvalue weighted by molar-refractivity contribution is -0.917. The number of quaternary nitrogens is 1. The summed E-state index contributed by atoms with van der Waals surface area (Å²) >= 11 is 1.19. The number of carbonyl (C=O) groups is 2. The maximum Gasteiger partial charge on any atom is 0.413 e. The van der Waals surface area contributed by atoms with E-state index in [1.807, 2.05) is 0 Å². The first-order valence-corrected chi connectivity index (χ1v) is 9.45. The Labute approximate surface area is 139 Å². The predicted molar refractivity (Wildman–Crippen MR) is 83.8 cm³/mol. The largest absolute Gasteiger partial charge is 0.453 e. The highest BCUT2D eigenvalue weighted by atomic mass is 32.2. The Morgan fingerprint density at radius 2 is 2.04 bits per heavy atom. The van der Waals surface area contributed by atoms with E-state index in [9.17, 15) is 18.0 Å². The molecule has 0 spiro atoms. The lowest BCUT2D eigenvalue weighted by Gasteiger charge is -2.33. The van der Waals surface area contributed by atoms with Gasteiger partial charge < -0.3 is 9.64 Å². The number of rotatable bonds is 4. The number of carbonyl (C=O) groups excluding carboxylic acids is 2. The standard InChI is InChI=1S/C13H19N3O5S2/c1-10(12(17)14-13(18)21-2)15-5-7-16(8-6-15)23(19,20)11-4-3-9-22-11/h3-4,9-10H,5-8H2,1-2H3,(H,14,17,18)/p+1/t10-/m0/s1. The Morgan fingerprint density at radius 1 is 1.39 bits per heavy atom. The third-order valence-corrected chi connectivity index (χ3v) is 7.14. The molecule has 0 aliphatic carbocycles. The summed E-state index contributed by atoms with van der Waals surface area (Å²) in [5.74, 6) is -0.429. The molecule has 0 radical (unpaired) electrons. The molecule has 128 valence electrons. The number of amides is 2. The number of ether oxygens (including phenoxy) is 1. The van der Waals surface area contributed by atoms with Crippen LogP contribution in [0.4, 0.5) is 4.79 Å². The van der Waals surface area contributed by atoms with Gasteiger partial charge >= 0.3 is 6.09 Å². The molecular weight excluding hydrogens is 342 g/mol. The van der Waals surface area contributed by atoms with Gasteiger partial charge in [-0.1, -0.05) is 6.07 Å². The van der Waals surface area contributed by atoms with E-state index in [2.05, 4.69) is 10.1 Å². The molecule has 1 fully saturated rings. The van der Waals surface area contributed by atoms with Crippen LogP contribution < -0.4 is 10.2 Å². The number of methoxy groups -OCH3 is 1. The van der Waals surface area contributed by atoms with E-state index in [4.69, 9.17) is 0 Å². The topological polar surface area (TPSA) is 97.2 Å². The minimum atomic E-state index is -3.45. The molecule has 2 N–H and O–H groups in total. The maximum atomic E-state index is 12.4. The zero-order valence-corrected chi connectivity index (χ0v) is 14.6. The molecule has 1 atom stereocenters. The van der Waals surface area contributed by atoms with Crippen molar-refractivity contribution in [2.24, 2.45) is 0 Å². The zero-order chi connectivity index (χ0) is 17.0. The summed E-state index contributed by atoms with van der Waals surface area (Å²) in [4.78, 5) is 23.9. The number of imide groups is 1. The van der Waals surface area contributed by atoms with Crippen LogP contribution in [0.25, 0.3) is 0 Å². The Morgan fingerprint density at radius 3 is 2.57 bits per heavy atom. The third kappa shape index (κ3) is 4.08. The van der Waals surface area contributed by atoms with Crippen LogP contribution in [0, 0.1) is 0 Å². The molecule has 1 aromatic heterocycles. The molecule has 10 heteroatoms. The second-order valence-corrected chi connectivity index (χ2v) is 8.31. The first kappa shape index (κ1) is 17.9. The van der Waals surface area contributed by atoms with Gasteiger partial charge in [-0.3, -0.25) is 10.1 Å². The Balaban J connectivity index is 1.93. The number of nitrogens with one attached hydrogen (secondary N) is 2. The molecule has 0 aromatic carbocycles. The molecule has 0 saturated carbocycles. The van der Waals surface area contributed by atoms with Crippen molar-refractivity contribution in [3.63, 3.8) is 0 Å². The molecule has 0 unspecified atom stereocenters. The Kier molecular flexibility index (Phi) is 5.74. The molecule has 2 heterocycles. The van der Waals surface area contributed by atoms with Crippen LogP contribution in [0.2, 0.25) is 0 Å². The molecule has 1 aromatic rings. The van der Waals surface area contributed by atoms with Gasteiger partial charge in [0, 0.05) is 0 Å². The van der Waals surface area contributed by atoms with Gasteiger partial charge in [-0.05, 0) is 18.4 Å². The number of hydrogen-bond donors (Lipinski definition) is 2. The van der Waals surface area contributed by atoms with Gasteiger partial charge in [0.05, 0.1) is 33.3 Å². The number of hydrogen-bond acceptors (Lipinski definition) is 6. The summed E-state index contributed by atoms with van der Waals surface area (Å²) in [5, 5.41) is 3.87. The van der Waals surface area contributed by atoms with Gasteiger partial charge in [0.25, 0.3) is 15.9 Å². The quantitative estimate of drug-likeness (QED) is 0.709. The molecule has 23 heavy (non-hydrogen) atoms. The van der Waals surface area contributed by atoms with Crippen molar-refractivity contribution in [1.29, 1.82) is 0 Å². The normalized spacial score (nSPS) is 18.3. The summed E-state index contributed by atoms with van der Waals surface area (Å²) in [6, 6.07) is 2.84. The predicted octanol–water partition coefficient (Wildman–Crippen LogP) is -1.09. The molecule has 2 rings (SSSR count). The van der Waals surface area contributed by atoms with Crippen molar-refractivity contribution in [3.05, 3.63) is 17.5 Å². The Hall–Kier alpha value is -1.49. The van der Waals surface area contributed by atoms with E-state index in [0.29, 0.717) is 30.4 Å². The van der Waals surface area contributed by atoms with Gasteiger partial charge in [0.2, 0.25) is 0 Å². The minimum Gasteiger partial charge on any atom is -0.453 e. The van der Waals surface area contributed by atoms with Gasteiger partial charge in [-0.2, -0.15) is 4.31 Å². The van der Waals surface area contributed by atoms with Crippen molar-refractivity contribution in [3.8, 4) is 0 Å². The number of thiophene rings is 1. The molecule has 1 saturated heterocycles. The van der Waals surface area contributed by atoms with E-state index in [0.717, 1.165) is 4.90 Å². The van der Waals surface area contributed by atoms with Gasteiger partial charge in [-0.25, -0.2) is 13.2 Å². The van der Waals surface area contributed by atoms with Gasteiger partial charge in [0.15, 0.2) is 6.04 Å². The zero-order valence-electron chi connectivity index (χ0n) is 12.9. The van der Waals surface area contributed by atoms with E-state index in [-0.39, 0.29) is 0 Å². The van der Waals surface area contributed by atoms with Crippen LogP contribution in [-0.4, -0.2) is 64.1 Å². The van der Waals surface area contributed by atoms with Crippen LogP contribution in [-0.2, 0) is 19.6 Å². The average molecular weight is 362 g/mol. The first-order chi connectivity index (χ1) is 10.9. The maximum absolute atomic E-state index is 12.4. The fourth-order valence-electron chi connectivity index (χ4n) is 2.43. The summed E-state index contributed by atoms with van der Waals surface area (Å²) in [6.45, 7) is 3.38. The SMILES string of the molecule is COC(=O)NC(=O)[C@H](C)[NH+]1CCN(S(=O)(=O)c2cccs2)CC1. The number of sulfonamides is 1. The summed E-state index contributed by atoms with van der Waals surface area (Å²) in [5.41, 5.74) is 0. The van der Waals surface area contributed by atoms with Crippen LogP contribution in [0.5, 0.6) is 0 Å². The lowest BCUT2D eigenvalue weighted by atomic mass is 10.2. The molecule has 2 amide bonds. The minimum absolute atomic E-state index is 0.331. The fraction of sp³-hybridized carbons (Fsp3) is 0.538. The van der Waals surface area contributed by atoms with Crippen molar-refractivity contribution in [2.75, 3.05) is 33.3 Å². The fourth-order valence-corrected chi connectivity index (χ4v) is 5.02. The second kappa shape index (κ2) is 7.39. The third-order valence-electron chi connectivity index (χ3n) is 3.87. The van der Waals surface area contributed by atoms with Gasteiger partial charge in [-0.15, -0.1) is 11.3 Å². The van der Waals surface area contributed by atoms with Crippen molar-refractivity contribution in [1.82, 2.24) is 9.62 Å². The highest BCUT2D eigenvalue weighted by Crippen LogP contribution is 2.20. The number of piperazine rings is 1. The smallest absolute Gasteiger partial charge is 0.413 e. The van der Waals surface area contributed by atoms with Crippen LogP contribution in [0.1, 0.15) is 6.92 Å². The molecule has 1 aliphatic rings. The van der Waals surface area contributed by atoms with E-state index in [1.54, 1.807) is 24.4 Å². The van der Waals surface area contributed by atoms with Crippen molar-refractivity contribution in [2.45, 2.75) is 17.2 Å². The summed E-state index contributed by atoms with van der Waals surface area (Å²) in [7, 11) is -2.26. The highest BCUT2D eigenvalue weighted by molar-refractivity contribution is 7.91. The number of alkyl carbamates (subject to hydrolysis) is 1. The van der Waals surface area contributed by atoms with E-state index < -0.39 is 28.1 Å². The van der Waals surface area contributed by atoms with Crippen molar-refractivity contribution >= 4 is 33.4 Å². The van der Waals surface area contributed by atoms with E-state index >= 15 is 0 Å². The highest BCUT2D eigenvalue weighted by Gasteiger charge is 2.35. The van der Waals surface area contributed by atoms with Crippen LogP contribution in [0.15, 0.2) is 21.7 Å².